The number of nitrogens with zero attached hydrogens (tertiary/aromatic N) is 1. The molecule has 2 rings (SSSR count). The fraction of sp³-hybridized carbons (Fsp3) is 0.600. The molecule has 18 heavy (non-hydrogen) atoms. The molecule has 0 amide bonds. The molecule has 1 aliphatic heterocycles. The van der Waals surface area contributed by atoms with Gasteiger partial charge in [0.15, 0.2) is 0 Å². The Bertz CT molecular complexity index is 355. The summed E-state index contributed by atoms with van der Waals surface area (Å²) < 4.78 is 5.61. The van der Waals surface area contributed by atoms with Gasteiger partial charge >= 0.3 is 0 Å². The minimum atomic E-state index is 0.0466. The predicted octanol–water partition coefficient (Wildman–Crippen LogP) is 2.60. The Kier molecular flexibility index (Phi) is 4.61. The van der Waals surface area contributed by atoms with Crippen LogP contribution in [0.2, 0.25) is 0 Å². The summed E-state index contributed by atoms with van der Waals surface area (Å²) in [5.41, 5.74) is 1.24. The summed E-state index contributed by atoms with van der Waals surface area (Å²) in [5, 5.41) is 3.45. The van der Waals surface area contributed by atoms with Gasteiger partial charge in [-0.25, -0.2) is 0 Å². The van der Waals surface area contributed by atoms with Gasteiger partial charge in [-0.2, -0.15) is 0 Å². The van der Waals surface area contributed by atoms with Crippen molar-refractivity contribution in [3.8, 4) is 0 Å². The van der Waals surface area contributed by atoms with Crippen LogP contribution in [0.15, 0.2) is 30.3 Å². The molecule has 0 aliphatic carbocycles. The number of para-hydroxylation sites is 1. The number of nitrogens with one attached hydrogen (secondary N) is 1. The third-order valence-corrected chi connectivity index (χ3v) is 3.76. The highest BCUT2D eigenvalue weighted by molar-refractivity contribution is 5.42. The molecule has 0 saturated carbocycles. The second-order valence-electron chi connectivity index (χ2n) is 5.33. The maximum Gasteiger partial charge on any atom is 0.0777 e. The predicted molar refractivity (Wildman–Crippen MR) is 76.0 cm³/mol. The van der Waals surface area contributed by atoms with Gasteiger partial charge in [0, 0.05) is 32.4 Å². The smallest absolute Gasteiger partial charge is 0.0777 e. The van der Waals surface area contributed by atoms with Gasteiger partial charge in [0.1, 0.15) is 0 Å². The largest absolute Gasteiger partial charge is 0.384 e. The normalized spacial score (nSPS) is 25.0. The van der Waals surface area contributed by atoms with Gasteiger partial charge in [0.2, 0.25) is 0 Å². The zero-order valence-electron chi connectivity index (χ0n) is 11.5. The van der Waals surface area contributed by atoms with Gasteiger partial charge in [0.05, 0.1) is 5.60 Å². The Morgan fingerprint density at radius 1 is 1.33 bits per heavy atom. The first-order chi connectivity index (χ1) is 8.72. The van der Waals surface area contributed by atoms with Crippen LogP contribution in [-0.4, -0.2) is 43.8 Å². The van der Waals surface area contributed by atoms with Crippen molar-refractivity contribution in [2.45, 2.75) is 25.4 Å². The van der Waals surface area contributed by atoms with Crippen LogP contribution in [0.4, 0.5) is 5.69 Å². The molecule has 1 N–H and O–H groups in total. The van der Waals surface area contributed by atoms with E-state index in [4.69, 9.17) is 4.74 Å². The number of benzene rings is 1. The number of rotatable bonds is 5. The lowest BCUT2D eigenvalue weighted by Gasteiger charge is -2.39. The van der Waals surface area contributed by atoms with E-state index >= 15 is 0 Å². The fourth-order valence-corrected chi connectivity index (χ4v) is 2.58. The van der Waals surface area contributed by atoms with E-state index in [2.05, 4.69) is 41.4 Å². The van der Waals surface area contributed by atoms with Crippen LogP contribution in [0, 0.1) is 0 Å². The number of hydrogen-bond donors (Lipinski definition) is 1. The van der Waals surface area contributed by atoms with Crippen molar-refractivity contribution >= 4 is 5.69 Å². The molecule has 1 atom stereocenters. The first-order valence-corrected chi connectivity index (χ1v) is 6.78. The summed E-state index contributed by atoms with van der Waals surface area (Å²) in [6, 6.07) is 10.4. The fourth-order valence-electron chi connectivity index (χ4n) is 2.58. The van der Waals surface area contributed by atoms with E-state index in [-0.39, 0.29) is 5.60 Å². The molecule has 0 radical (unpaired) electrons. The molecule has 0 aromatic heterocycles. The van der Waals surface area contributed by atoms with Crippen molar-refractivity contribution in [1.82, 2.24) is 4.90 Å². The van der Waals surface area contributed by atoms with Gasteiger partial charge in [0.25, 0.3) is 0 Å². The van der Waals surface area contributed by atoms with Crippen molar-refractivity contribution in [3.05, 3.63) is 30.3 Å². The van der Waals surface area contributed by atoms with Crippen LogP contribution >= 0.6 is 0 Å². The number of anilines is 1. The van der Waals surface area contributed by atoms with Crippen LogP contribution < -0.4 is 5.32 Å². The van der Waals surface area contributed by atoms with Crippen molar-refractivity contribution < 1.29 is 4.74 Å². The van der Waals surface area contributed by atoms with Crippen LogP contribution in [0.25, 0.3) is 0 Å². The van der Waals surface area contributed by atoms with Crippen molar-refractivity contribution in [2.75, 3.05) is 38.6 Å². The number of likely N-dealkylation sites (tertiary alicyclic amines) is 1. The average Bonchev–Trinajstić information content (AvgIpc) is 2.40. The zero-order valence-corrected chi connectivity index (χ0v) is 11.5. The summed E-state index contributed by atoms with van der Waals surface area (Å²) >= 11 is 0. The molecule has 100 valence electrons. The van der Waals surface area contributed by atoms with Crippen LogP contribution in [0.5, 0.6) is 0 Å². The molecule has 1 aliphatic rings. The minimum Gasteiger partial charge on any atom is -0.384 e. The van der Waals surface area contributed by atoms with E-state index in [1.165, 1.54) is 25.1 Å². The second kappa shape index (κ2) is 6.21. The number of methoxy groups -OCH3 is 1. The highest BCUT2D eigenvalue weighted by Gasteiger charge is 2.30. The lowest BCUT2D eigenvalue weighted by Crippen LogP contribution is -2.48. The van der Waals surface area contributed by atoms with E-state index < -0.39 is 0 Å². The molecule has 0 bridgehead atoms. The molecule has 0 spiro atoms. The summed E-state index contributed by atoms with van der Waals surface area (Å²) in [7, 11) is 1.83. The Morgan fingerprint density at radius 2 is 2.11 bits per heavy atom. The quantitative estimate of drug-likeness (QED) is 0.867. The van der Waals surface area contributed by atoms with E-state index in [1.54, 1.807) is 0 Å². The van der Waals surface area contributed by atoms with Crippen LogP contribution in [0.3, 0.4) is 0 Å². The topological polar surface area (TPSA) is 24.5 Å². The SMILES string of the molecule is COC1(C)CCCN(CCNc2ccccc2)C1. The zero-order chi connectivity index (χ0) is 12.8. The third-order valence-electron chi connectivity index (χ3n) is 3.76. The van der Waals surface area contributed by atoms with E-state index in [9.17, 15) is 0 Å². The monoisotopic (exact) mass is 248 g/mol. The number of ether oxygens (including phenoxy) is 1. The maximum atomic E-state index is 5.61. The summed E-state index contributed by atoms with van der Waals surface area (Å²) in [6.07, 6.45) is 2.40. The highest BCUT2D eigenvalue weighted by atomic mass is 16.5. The molecular formula is C15H24N2O. The lowest BCUT2D eigenvalue weighted by molar-refractivity contribution is -0.0496. The van der Waals surface area contributed by atoms with Crippen LogP contribution in [0.1, 0.15) is 19.8 Å². The Hall–Kier alpha value is -1.06. The van der Waals surface area contributed by atoms with Gasteiger partial charge in [-0.1, -0.05) is 18.2 Å². The first kappa shape index (κ1) is 13.4. The molecule has 1 saturated heterocycles. The Labute approximate surface area is 110 Å². The van der Waals surface area contributed by atoms with E-state index in [0.717, 1.165) is 19.6 Å². The molecule has 1 aromatic carbocycles. The Balaban J connectivity index is 1.74. The number of piperidine rings is 1. The lowest BCUT2D eigenvalue weighted by atomic mass is 9.95. The first-order valence-electron chi connectivity index (χ1n) is 6.78. The molecule has 1 heterocycles. The summed E-state index contributed by atoms with van der Waals surface area (Å²) in [5.74, 6) is 0. The molecule has 3 heteroatoms. The summed E-state index contributed by atoms with van der Waals surface area (Å²) in [6.45, 7) is 6.51. The van der Waals surface area contributed by atoms with Crippen molar-refractivity contribution in [1.29, 1.82) is 0 Å². The minimum absolute atomic E-state index is 0.0466. The molecule has 1 aromatic rings. The van der Waals surface area contributed by atoms with E-state index in [1.807, 2.05) is 13.2 Å². The summed E-state index contributed by atoms with van der Waals surface area (Å²) in [4.78, 5) is 2.49. The maximum absolute atomic E-state index is 5.61. The third kappa shape index (κ3) is 3.72. The van der Waals surface area contributed by atoms with E-state index in [0.29, 0.717) is 0 Å². The van der Waals surface area contributed by atoms with Gasteiger partial charge in [-0.3, -0.25) is 4.90 Å². The molecule has 1 fully saturated rings. The van der Waals surface area contributed by atoms with Gasteiger partial charge < -0.3 is 10.1 Å². The van der Waals surface area contributed by atoms with Gasteiger partial charge in [-0.15, -0.1) is 0 Å². The molecule has 3 nitrogen and oxygen atoms in total. The molecular weight excluding hydrogens is 224 g/mol. The molecule has 1 unspecified atom stereocenters. The average molecular weight is 248 g/mol. The number of hydrogen-bond acceptors (Lipinski definition) is 3. The van der Waals surface area contributed by atoms with Gasteiger partial charge in [-0.05, 0) is 38.4 Å². The van der Waals surface area contributed by atoms with Crippen LogP contribution in [-0.2, 0) is 4.74 Å². The highest BCUT2D eigenvalue weighted by Crippen LogP contribution is 2.23. The second-order valence-corrected chi connectivity index (χ2v) is 5.33. The van der Waals surface area contributed by atoms with Crippen molar-refractivity contribution in [2.24, 2.45) is 0 Å². The standard InChI is InChI=1S/C15H24N2O/c1-15(18-2)9-6-11-17(13-15)12-10-16-14-7-4-3-5-8-14/h3-5,7-8,16H,6,9-13H2,1-2H3. The van der Waals surface area contributed by atoms with Crippen molar-refractivity contribution in [3.63, 3.8) is 0 Å². The Morgan fingerprint density at radius 3 is 2.83 bits per heavy atom.